The first kappa shape index (κ1) is 21.7. The van der Waals surface area contributed by atoms with Crippen LogP contribution in [0.5, 0.6) is 11.5 Å². The highest BCUT2D eigenvalue weighted by molar-refractivity contribution is 5.94. The molecule has 0 aromatic heterocycles. The van der Waals surface area contributed by atoms with Gasteiger partial charge in [0.25, 0.3) is 5.91 Å². The second-order valence-electron chi connectivity index (χ2n) is 7.63. The van der Waals surface area contributed by atoms with Crippen LogP contribution in [-0.4, -0.2) is 49.6 Å². The van der Waals surface area contributed by atoms with Gasteiger partial charge in [-0.25, -0.2) is 0 Å². The molecule has 3 rings (SSSR count). The lowest BCUT2D eigenvalue weighted by atomic mass is 10.0. The lowest BCUT2D eigenvalue weighted by Crippen LogP contribution is -2.46. The summed E-state index contributed by atoms with van der Waals surface area (Å²) in [6, 6.07) is 15.1. The molecule has 1 aliphatic rings. The average Bonchev–Trinajstić information content (AvgIpc) is 2.78. The summed E-state index contributed by atoms with van der Waals surface area (Å²) in [5, 5.41) is 3.07. The van der Waals surface area contributed by atoms with Crippen molar-refractivity contribution >= 4 is 11.8 Å². The number of ether oxygens (including phenoxy) is 2. The maximum Gasteiger partial charge on any atom is 0.251 e. The maximum atomic E-state index is 12.4. The third kappa shape index (κ3) is 6.24. The van der Waals surface area contributed by atoms with Crippen LogP contribution in [0.3, 0.4) is 0 Å². The van der Waals surface area contributed by atoms with Crippen LogP contribution < -0.4 is 14.8 Å². The van der Waals surface area contributed by atoms with Crippen molar-refractivity contribution in [1.82, 2.24) is 10.2 Å². The molecular weight excluding hydrogens is 380 g/mol. The smallest absolute Gasteiger partial charge is 0.251 e. The van der Waals surface area contributed by atoms with E-state index in [-0.39, 0.29) is 17.9 Å². The molecule has 2 amide bonds. The van der Waals surface area contributed by atoms with Crippen LogP contribution in [-0.2, 0) is 4.79 Å². The van der Waals surface area contributed by atoms with Gasteiger partial charge in [-0.1, -0.05) is 23.8 Å². The number of nitrogens with one attached hydrogen (secondary N) is 1. The number of rotatable bonds is 8. The molecule has 0 aliphatic carbocycles. The van der Waals surface area contributed by atoms with E-state index in [0.29, 0.717) is 43.9 Å². The van der Waals surface area contributed by atoms with Gasteiger partial charge in [0.2, 0.25) is 5.91 Å². The summed E-state index contributed by atoms with van der Waals surface area (Å²) in [5.74, 6) is 1.54. The Morgan fingerprint density at radius 3 is 2.50 bits per heavy atom. The van der Waals surface area contributed by atoms with Gasteiger partial charge in [0.1, 0.15) is 11.5 Å². The van der Waals surface area contributed by atoms with Crippen molar-refractivity contribution in [2.75, 3.05) is 26.8 Å². The molecule has 0 bridgehead atoms. The Kier molecular flexibility index (Phi) is 7.71. The second-order valence-corrected chi connectivity index (χ2v) is 7.63. The second kappa shape index (κ2) is 10.7. The minimum atomic E-state index is -0.105. The molecule has 6 heteroatoms. The third-order valence-electron chi connectivity index (χ3n) is 5.34. The molecule has 2 aromatic rings. The molecule has 2 aromatic carbocycles. The van der Waals surface area contributed by atoms with E-state index in [1.165, 1.54) is 5.56 Å². The molecule has 160 valence electrons. The van der Waals surface area contributed by atoms with Gasteiger partial charge in [0.15, 0.2) is 0 Å². The van der Waals surface area contributed by atoms with E-state index < -0.39 is 0 Å². The molecule has 0 spiro atoms. The Hall–Kier alpha value is -3.02. The summed E-state index contributed by atoms with van der Waals surface area (Å²) in [6.07, 6.45) is 2.70. The molecular formula is C24H30N2O4. The van der Waals surface area contributed by atoms with E-state index >= 15 is 0 Å². The van der Waals surface area contributed by atoms with Crippen molar-refractivity contribution < 1.29 is 19.1 Å². The number of hydrogen-bond donors (Lipinski definition) is 1. The largest absolute Gasteiger partial charge is 0.497 e. The predicted octanol–water partition coefficient (Wildman–Crippen LogP) is 3.58. The number of carbonyl (C=O) groups excluding carboxylic acids is 2. The summed E-state index contributed by atoms with van der Waals surface area (Å²) in [5.41, 5.74) is 1.78. The van der Waals surface area contributed by atoms with E-state index in [2.05, 4.69) is 5.32 Å². The molecule has 1 saturated heterocycles. The Morgan fingerprint density at radius 2 is 1.80 bits per heavy atom. The summed E-state index contributed by atoms with van der Waals surface area (Å²) in [7, 11) is 1.58. The number of likely N-dealkylation sites (tertiary alicyclic amines) is 1. The van der Waals surface area contributed by atoms with Gasteiger partial charge in [-0.05, 0) is 56.5 Å². The van der Waals surface area contributed by atoms with Gasteiger partial charge in [0.05, 0.1) is 13.7 Å². The summed E-state index contributed by atoms with van der Waals surface area (Å²) in [4.78, 5) is 26.8. The molecule has 0 unspecified atom stereocenters. The Morgan fingerprint density at radius 1 is 1.07 bits per heavy atom. The van der Waals surface area contributed by atoms with Gasteiger partial charge in [-0.15, -0.1) is 0 Å². The molecule has 30 heavy (non-hydrogen) atoms. The first-order valence-corrected chi connectivity index (χ1v) is 10.5. The van der Waals surface area contributed by atoms with Gasteiger partial charge in [-0.3, -0.25) is 9.59 Å². The van der Waals surface area contributed by atoms with Crippen LogP contribution in [0.1, 0.15) is 41.6 Å². The highest BCUT2D eigenvalue weighted by Crippen LogP contribution is 2.16. The van der Waals surface area contributed by atoms with Gasteiger partial charge < -0.3 is 19.7 Å². The van der Waals surface area contributed by atoms with E-state index in [4.69, 9.17) is 9.47 Å². The number of methoxy groups -OCH3 is 1. The van der Waals surface area contributed by atoms with E-state index in [1.54, 1.807) is 25.3 Å². The standard InChI is InChI=1S/C24H30N2O4/c1-18-8-10-21(11-9-18)30-16-4-7-23(27)26-14-12-20(13-15-26)25-24(28)19-5-3-6-22(17-19)29-2/h3,5-6,8-11,17,20H,4,7,12-16H2,1-2H3,(H,25,28). The third-order valence-corrected chi connectivity index (χ3v) is 5.34. The van der Waals surface area contributed by atoms with Crippen LogP contribution in [0.25, 0.3) is 0 Å². The molecule has 1 heterocycles. The molecule has 1 aliphatic heterocycles. The minimum absolute atomic E-state index is 0.0811. The van der Waals surface area contributed by atoms with Crippen molar-refractivity contribution in [2.45, 2.75) is 38.6 Å². The van der Waals surface area contributed by atoms with Crippen LogP contribution in [0.15, 0.2) is 48.5 Å². The fourth-order valence-corrected chi connectivity index (χ4v) is 3.51. The number of benzene rings is 2. The Bertz CT molecular complexity index is 843. The normalized spacial score (nSPS) is 14.3. The maximum absolute atomic E-state index is 12.4. The number of aryl methyl sites for hydroxylation is 1. The van der Waals surface area contributed by atoms with Crippen LogP contribution in [0, 0.1) is 6.92 Å². The monoisotopic (exact) mass is 410 g/mol. The zero-order valence-corrected chi connectivity index (χ0v) is 17.7. The van der Waals surface area contributed by atoms with Gasteiger partial charge in [-0.2, -0.15) is 0 Å². The molecule has 1 N–H and O–H groups in total. The Balaban J connectivity index is 1.35. The molecule has 0 atom stereocenters. The van der Waals surface area contributed by atoms with Gasteiger partial charge >= 0.3 is 0 Å². The number of carbonyl (C=O) groups is 2. The molecule has 1 fully saturated rings. The fraction of sp³-hybridized carbons (Fsp3) is 0.417. The van der Waals surface area contributed by atoms with Crippen molar-refractivity contribution in [1.29, 1.82) is 0 Å². The zero-order valence-electron chi connectivity index (χ0n) is 17.7. The topological polar surface area (TPSA) is 67.9 Å². The number of nitrogens with zero attached hydrogens (tertiary/aromatic N) is 1. The van der Waals surface area contributed by atoms with E-state index in [0.717, 1.165) is 18.6 Å². The summed E-state index contributed by atoms with van der Waals surface area (Å²) < 4.78 is 10.9. The first-order valence-electron chi connectivity index (χ1n) is 10.5. The van der Waals surface area contributed by atoms with Crippen molar-refractivity contribution in [3.05, 3.63) is 59.7 Å². The van der Waals surface area contributed by atoms with Crippen LogP contribution in [0.2, 0.25) is 0 Å². The fourth-order valence-electron chi connectivity index (χ4n) is 3.51. The SMILES string of the molecule is COc1cccc(C(=O)NC2CCN(C(=O)CCCOc3ccc(C)cc3)CC2)c1. The van der Waals surface area contributed by atoms with E-state index in [1.807, 2.05) is 42.2 Å². The van der Waals surface area contributed by atoms with Crippen molar-refractivity contribution in [3.8, 4) is 11.5 Å². The predicted molar refractivity (Wildman–Crippen MR) is 116 cm³/mol. The average molecular weight is 411 g/mol. The van der Waals surface area contributed by atoms with Crippen LogP contribution in [0.4, 0.5) is 0 Å². The molecule has 0 saturated carbocycles. The quantitative estimate of drug-likeness (QED) is 0.676. The lowest BCUT2D eigenvalue weighted by Gasteiger charge is -2.32. The summed E-state index contributed by atoms with van der Waals surface area (Å²) >= 11 is 0. The lowest BCUT2D eigenvalue weighted by molar-refractivity contribution is -0.132. The zero-order chi connectivity index (χ0) is 21.3. The number of hydrogen-bond acceptors (Lipinski definition) is 4. The summed E-state index contributed by atoms with van der Waals surface area (Å²) in [6.45, 7) is 3.90. The highest BCUT2D eigenvalue weighted by atomic mass is 16.5. The van der Waals surface area contributed by atoms with Crippen LogP contribution >= 0.6 is 0 Å². The number of piperidine rings is 1. The minimum Gasteiger partial charge on any atom is -0.497 e. The first-order chi connectivity index (χ1) is 14.5. The Labute approximate surface area is 178 Å². The molecule has 6 nitrogen and oxygen atoms in total. The van der Waals surface area contributed by atoms with Gasteiger partial charge in [0, 0.05) is 31.1 Å². The highest BCUT2D eigenvalue weighted by Gasteiger charge is 2.24. The molecule has 0 radical (unpaired) electrons. The number of amides is 2. The van der Waals surface area contributed by atoms with Crippen molar-refractivity contribution in [2.24, 2.45) is 0 Å². The van der Waals surface area contributed by atoms with Crippen molar-refractivity contribution in [3.63, 3.8) is 0 Å². The van der Waals surface area contributed by atoms with E-state index in [9.17, 15) is 9.59 Å².